The highest BCUT2D eigenvalue weighted by atomic mass is 35.5. The lowest BCUT2D eigenvalue weighted by atomic mass is 10.1. The van der Waals surface area contributed by atoms with Crippen LogP contribution < -0.4 is 5.32 Å². The van der Waals surface area contributed by atoms with Crippen LogP contribution in [-0.2, 0) is 9.59 Å². The van der Waals surface area contributed by atoms with E-state index in [0.717, 1.165) is 0 Å². The van der Waals surface area contributed by atoms with E-state index in [1.807, 2.05) is 0 Å². The van der Waals surface area contributed by atoms with Crippen LogP contribution in [0.25, 0.3) is 0 Å². The molecule has 1 aliphatic heterocycles. The molecule has 1 aliphatic rings. The third kappa shape index (κ3) is 2.50. The molecule has 4 nitrogen and oxygen atoms in total. The Bertz CT molecular complexity index is 255. The van der Waals surface area contributed by atoms with Gasteiger partial charge in [0.1, 0.15) is 12.0 Å². The number of carboxylic acid groups (broad SMARTS) is 1. The number of rotatable bonds is 1. The van der Waals surface area contributed by atoms with Gasteiger partial charge in [0.25, 0.3) is 0 Å². The zero-order valence-corrected chi connectivity index (χ0v) is 7.48. The van der Waals surface area contributed by atoms with E-state index in [4.69, 9.17) is 5.11 Å². The normalized spacial score (nSPS) is 26.6. The summed E-state index contributed by atoms with van der Waals surface area (Å²) in [6.45, 7) is 0. The number of hydrogen-bond donors (Lipinski definition) is 2. The van der Waals surface area contributed by atoms with Crippen LogP contribution in [0, 0.1) is 5.92 Å². The molecule has 1 amide bonds. The Labute approximate surface area is 82.9 Å². The summed E-state index contributed by atoms with van der Waals surface area (Å²) in [7, 11) is 0. The molecule has 1 saturated heterocycles. The fraction of sp³-hybridized carbons (Fsp3) is 0.667. The third-order valence-electron chi connectivity index (χ3n) is 1.80. The zero-order valence-electron chi connectivity index (χ0n) is 6.67. The lowest BCUT2D eigenvalue weighted by Gasteiger charge is -2.13. The van der Waals surface area contributed by atoms with Crippen molar-refractivity contribution in [2.24, 2.45) is 5.92 Å². The van der Waals surface area contributed by atoms with Crippen molar-refractivity contribution in [3.05, 3.63) is 0 Å². The predicted molar refractivity (Wildman–Crippen MR) is 41.0 cm³/mol. The fourth-order valence-corrected chi connectivity index (χ4v) is 1.10. The molecule has 0 bridgehead atoms. The molecular formula is C6H7ClF3NO3. The Hall–Kier alpha value is -0.980. The minimum Gasteiger partial charge on any atom is -0.481 e. The summed E-state index contributed by atoms with van der Waals surface area (Å²) in [5, 5.41) is 9.92. The molecule has 0 saturated carbocycles. The number of aliphatic carboxylic acids is 1. The number of hydrogen-bond acceptors (Lipinski definition) is 2. The van der Waals surface area contributed by atoms with Crippen molar-refractivity contribution in [2.75, 3.05) is 0 Å². The maximum Gasteiger partial charge on any atom is 0.408 e. The van der Waals surface area contributed by atoms with Crippen LogP contribution in [0.15, 0.2) is 0 Å². The highest BCUT2D eigenvalue weighted by molar-refractivity contribution is 5.98. The molecule has 1 fully saturated rings. The Morgan fingerprint density at radius 1 is 1.50 bits per heavy atom. The lowest BCUT2D eigenvalue weighted by Crippen LogP contribution is -2.38. The maximum atomic E-state index is 12.0. The second kappa shape index (κ2) is 4.04. The van der Waals surface area contributed by atoms with E-state index in [1.165, 1.54) is 0 Å². The van der Waals surface area contributed by atoms with E-state index < -0.39 is 36.4 Å². The van der Waals surface area contributed by atoms with Crippen molar-refractivity contribution in [1.29, 1.82) is 0 Å². The predicted octanol–water partition coefficient (Wildman–Crippen LogP) is 0.560. The van der Waals surface area contributed by atoms with E-state index >= 15 is 0 Å². The van der Waals surface area contributed by atoms with Gasteiger partial charge in [-0.1, -0.05) is 0 Å². The van der Waals surface area contributed by atoms with Crippen LogP contribution >= 0.6 is 12.4 Å². The second-order valence-corrected chi connectivity index (χ2v) is 2.73. The van der Waals surface area contributed by atoms with Gasteiger partial charge in [-0.05, 0) is 6.42 Å². The van der Waals surface area contributed by atoms with Gasteiger partial charge in [0, 0.05) is 0 Å². The van der Waals surface area contributed by atoms with Crippen molar-refractivity contribution in [3.8, 4) is 0 Å². The molecule has 2 N–H and O–H groups in total. The summed E-state index contributed by atoms with van der Waals surface area (Å²) in [5.74, 6) is -4.18. The van der Waals surface area contributed by atoms with Crippen LogP contribution in [0.4, 0.5) is 13.2 Å². The van der Waals surface area contributed by atoms with Crippen molar-refractivity contribution < 1.29 is 27.9 Å². The monoisotopic (exact) mass is 233 g/mol. The molecule has 82 valence electrons. The smallest absolute Gasteiger partial charge is 0.408 e. The molecule has 2 unspecified atom stereocenters. The number of halogens is 4. The summed E-state index contributed by atoms with van der Waals surface area (Å²) < 4.78 is 35.9. The molecule has 2 atom stereocenters. The van der Waals surface area contributed by atoms with Gasteiger partial charge in [-0.25, -0.2) is 0 Å². The number of carboxylic acids is 1. The van der Waals surface area contributed by atoms with E-state index in [2.05, 4.69) is 0 Å². The average molecular weight is 234 g/mol. The van der Waals surface area contributed by atoms with Gasteiger partial charge in [0.05, 0.1) is 0 Å². The summed E-state index contributed by atoms with van der Waals surface area (Å²) in [4.78, 5) is 20.9. The van der Waals surface area contributed by atoms with Crippen LogP contribution in [-0.4, -0.2) is 29.2 Å². The van der Waals surface area contributed by atoms with Gasteiger partial charge in [-0.2, -0.15) is 13.2 Å². The first-order chi connectivity index (χ1) is 5.82. The van der Waals surface area contributed by atoms with Crippen molar-refractivity contribution in [1.82, 2.24) is 5.32 Å². The highest BCUT2D eigenvalue weighted by Crippen LogP contribution is 2.29. The molecule has 0 aromatic heterocycles. The number of carbonyl (C=O) groups is 2. The fourth-order valence-electron chi connectivity index (χ4n) is 1.10. The lowest BCUT2D eigenvalue weighted by molar-refractivity contribution is -0.155. The molecule has 0 aromatic carbocycles. The summed E-state index contributed by atoms with van der Waals surface area (Å²) in [6, 6.07) is -2.03. The minimum atomic E-state index is -4.57. The quantitative estimate of drug-likeness (QED) is 0.651. The van der Waals surface area contributed by atoms with Gasteiger partial charge < -0.3 is 10.4 Å². The number of amides is 1. The number of carbonyl (C=O) groups excluding carboxylic acids is 1. The van der Waals surface area contributed by atoms with Gasteiger partial charge in [-0.15, -0.1) is 12.4 Å². The van der Waals surface area contributed by atoms with E-state index in [0.29, 0.717) is 0 Å². The van der Waals surface area contributed by atoms with Gasteiger partial charge >= 0.3 is 12.1 Å². The zero-order chi connectivity index (χ0) is 10.2. The molecule has 1 rings (SSSR count). The van der Waals surface area contributed by atoms with E-state index in [1.54, 1.807) is 5.32 Å². The van der Waals surface area contributed by atoms with Gasteiger partial charge in [0.2, 0.25) is 5.91 Å². The van der Waals surface area contributed by atoms with Crippen molar-refractivity contribution in [2.45, 2.75) is 18.6 Å². The summed E-state index contributed by atoms with van der Waals surface area (Å²) in [5.41, 5.74) is 0. The first-order valence-electron chi connectivity index (χ1n) is 3.42. The molecular weight excluding hydrogens is 227 g/mol. The molecule has 0 aromatic rings. The summed E-state index contributed by atoms with van der Waals surface area (Å²) in [6.07, 6.45) is -5.29. The number of nitrogens with one attached hydrogen (secondary N) is 1. The molecule has 0 spiro atoms. The standard InChI is InChI=1S/C6H6F3NO3.ClH/c7-6(8,9)3-1-2(5(12)13)4(11)10-3;/h2-3H,1H2,(H,10,11)(H,12,13);1H. The summed E-state index contributed by atoms with van der Waals surface area (Å²) >= 11 is 0. The SMILES string of the molecule is Cl.O=C(O)C1CC(C(F)(F)F)NC1=O. The molecule has 8 heteroatoms. The van der Waals surface area contributed by atoms with Crippen LogP contribution in [0.5, 0.6) is 0 Å². The van der Waals surface area contributed by atoms with Gasteiger partial charge in [-0.3, -0.25) is 9.59 Å². The van der Waals surface area contributed by atoms with Crippen molar-refractivity contribution in [3.63, 3.8) is 0 Å². The van der Waals surface area contributed by atoms with Crippen LogP contribution in [0.1, 0.15) is 6.42 Å². The molecule has 14 heavy (non-hydrogen) atoms. The van der Waals surface area contributed by atoms with Crippen molar-refractivity contribution >= 4 is 24.3 Å². The average Bonchev–Trinajstić information content (AvgIpc) is 2.29. The maximum absolute atomic E-state index is 12.0. The Balaban J connectivity index is 0.00000169. The minimum absolute atomic E-state index is 0. The molecule has 0 radical (unpaired) electrons. The Kier molecular flexibility index (Phi) is 3.75. The van der Waals surface area contributed by atoms with E-state index in [-0.39, 0.29) is 12.4 Å². The first-order valence-corrected chi connectivity index (χ1v) is 3.42. The Morgan fingerprint density at radius 3 is 2.21 bits per heavy atom. The molecule has 0 aliphatic carbocycles. The number of alkyl halides is 3. The van der Waals surface area contributed by atoms with Gasteiger partial charge in [0.15, 0.2) is 0 Å². The first kappa shape index (κ1) is 13.0. The highest BCUT2D eigenvalue weighted by Gasteiger charge is 2.49. The van der Waals surface area contributed by atoms with Crippen LogP contribution in [0.2, 0.25) is 0 Å². The third-order valence-corrected chi connectivity index (χ3v) is 1.80. The van der Waals surface area contributed by atoms with Crippen LogP contribution in [0.3, 0.4) is 0 Å². The van der Waals surface area contributed by atoms with E-state index in [9.17, 15) is 22.8 Å². The second-order valence-electron chi connectivity index (χ2n) is 2.73. The molecule has 1 heterocycles. The largest absolute Gasteiger partial charge is 0.481 e. The Morgan fingerprint density at radius 2 is 2.00 bits per heavy atom. The topological polar surface area (TPSA) is 66.4 Å².